The molecule has 1 saturated carbocycles. The molecule has 0 amide bonds. The maximum Gasteiger partial charge on any atom is 0.407 e. The van der Waals surface area contributed by atoms with Crippen LogP contribution in [0.1, 0.15) is 59.3 Å². The van der Waals surface area contributed by atoms with Crippen molar-refractivity contribution < 1.29 is 22.0 Å². The number of alkyl halides is 5. The molecule has 0 radical (unpaired) electrons. The standard InChI is InChI=1S/C21H34F5N3/c1-4-28-19(18-13-20(22,23)14-18)29-12-8-6-10-17(16(2)3)9-5-7-11-27-15-21(24,25)26/h6,10-11,16-18H,4-5,7-9,12-15H2,1-3H3,(H,28,29)/b10-6-,27-11-. The maximum absolute atomic E-state index is 13.1. The van der Waals surface area contributed by atoms with Crippen molar-refractivity contribution in [2.45, 2.75) is 71.4 Å². The number of rotatable bonds is 12. The molecule has 29 heavy (non-hydrogen) atoms. The third-order valence-corrected chi connectivity index (χ3v) is 4.93. The molecule has 8 heteroatoms. The van der Waals surface area contributed by atoms with Crippen LogP contribution in [-0.2, 0) is 0 Å². The molecule has 0 bridgehead atoms. The summed E-state index contributed by atoms with van der Waals surface area (Å²) >= 11 is 0. The fourth-order valence-corrected chi connectivity index (χ4v) is 3.26. The average molecular weight is 424 g/mol. The van der Waals surface area contributed by atoms with Crippen LogP contribution in [0.4, 0.5) is 22.0 Å². The lowest BCUT2D eigenvalue weighted by molar-refractivity contribution is -0.118. The fraction of sp³-hybridized carbons (Fsp3) is 0.810. The molecule has 1 N–H and O–H groups in total. The van der Waals surface area contributed by atoms with E-state index >= 15 is 0 Å². The summed E-state index contributed by atoms with van der Waals surface area (Å²) in [4.78, 5) is 7.72. The zero-order valence-corrected chi connectivity index (χ0v) is 17.6. The summed E-state index contributed by atoms with van der Waals surface area (Å²) in [6, 6.07) is 0. The summed E-state index contributed by atoms with van der Waals surface area (Å²) in [6.07, 6.45) is 4.06. The Morgan fingerprint density at radius 1 is 1.21 bits per heavy atom. The number of allylic oxidation sites excluding steroid dienone is 1. The molecule has 0 aromatic carbocycles. The number of nitrogens with zero attached hydrogens (tertiary/aromatic N) is 2. The number of nitrogens with one attached hydrogen (secondary N) is 1. The number of hydrogen-bond acceptors (Lipinski definition) is 2. The van der Waals surface area contributed by atoms with Crippen molar-refractivity contribution in [2.75, 3.05) is 19.6 Å². The van der Waals surface area contributed by atoms with E-state index in [9.17, 15) is 22.0 Å². The minimum absolute atomic E-state index is 0.129. The van der Waals surface area contributed by atoms with Crippen molar-refractivity contribution >= 4 is 12.1 Å². The topological polar surface area (TPSA) is 36.8 Å². The van der Waals surface area contributed by atoms with E-state index in [2.05, 4.69) is 41.3 Å². The summed E-state index contributed by atoms with van der Waals surface area (Å²) in [5, 5.41) is 3.20. The summed E-state index contributed by atoms with van der Waals surface area (Å²) in [6.45, 7) is 6.23. The fourth-order valence-electron chi connectivity index (χ4n) is 3.26. The number of aliphatic imine (C=N–C) groups is 2. The van der Waals surface area contributed by atoms with Crippen LogP contribution >= 0.6 is 0 Å². The van der Waals surface area contributed by atoms with Gasteiger partial charge in [0.2, 0.25) is 5.92 Å². The van der Waals surface area contributed by atoms with Crippen LogP contribution in [0, 0.1) is 17.8 Å². The van der Waals surface area contributed by atoms with Gasteiger partial charge in [-0.05, 0) is 50.7 Å². The smallest absolute Gasteiger partial charge is 0.373 e. The molecule has 1 aliphatic carbocycles. The van der Waals surface area contributed by atoms with Gasteiger partial charge in [-0.2, -0.15) is 13.2 Å². The monoisotopic (exact) mass is 423 g/mol. The zero-order chi connectivity index (χ0) is 21.9. The summed E-state index contributed by atoms with van der Waals surface area (Å²) in [7, 11) is 0. The molecule has 3 nitrogen and oxygen atoms in total. The molecule has 0 aliphatic heterocycles. The van der Waals surface area contributed by atoms with Gasteiger partial charge in [0.25, 0.3) is 0 Å². The molecule has 0 aromatic rings. The molecule has 168 valence electrons. The van der Waals surface area contributed by atoms with Gasteiger partial charge in [-0.15, -0.1) is 0 Å². The van der Waals surface area contributed by atoms with E-state index < -0.39 is 18.6 Å². The molecule has 1 atom stereocenters. The minimum atomic E-state index is -4.24. The highest BCUT2D eigenvalue weighted by Gasteiger charge is 2.47. The lowest BCUT2D eigenvalue weighted by Crippen LogP contribution is -2.45. The molecule has 0 heterocycles. The first-order valence-corrected chi connectivity index (χ1v) is 10.4. The SMILES string of the molecule is CC/N=C(\NCC/C=C\C(CCC/C=N\CC(F)(F)F)C(C)C)C1CC(F)(F)C1. The third-order valence-electron chi connectivity index (χ3n) is 4.93. The highest BCUT2D eigenvalue weighted by Crippen LogP contribution is 2.42. The van der Waals surface area contributed by atoms with Crippen LogP contribution in [0.15, 0.2) is 22.1 Å². The Hall–Kier alpha value is -1.47. The molecule has 1 fully saturated rings. The lowest BCUT2D eigenvalue weighted by atomic mass is 9.80. The van der Waals surface area contributed by atoms with Crippen LogP contribution < -0.4 is 5.32 Å². The first-order valence-electron chi connectivity index (χ1n) is 10.4. The van der Waals surface area contributed by atoms with Gasteiger partial charge in [-0.1, -0.05) is 26.0 Å². The zero-order valence-electron chi connectivity index (χ0n) is 17.6. The summed E-state index contributed by atoms with van der Waals surface area (Å²) < 4.78 is 62.2. The van der Waals surface area contributed by atoms with Crippen molar-refractivity contribution in [3.63, 3.8) is 0 Å². The first-order chi connectivity index (χ1) is 13.5. The molecule has 0 spiro atoms. The number of halogens is 5. The van der Waals surface area contributed by atoms with E-state index in [0.29, 0.717) is 37.2 Å². The number of amidine groups is 1. The molecule has 1 aliphatic rings. The molecular formula is C21H34F5N3. The van der Waals surface area contributed by atoms with E-state index in [1.807, 2.05) is 6.92 Å². The Morgan fingerprint density at radius 3 is 2.45 bits per heavy atom. The van der Waals surface area contributed by atoms with E-state index in [1.165, 1.54) is 6.21 Å². The van der Waals surface area contributed by atoms with Crippen LogP contribution in [0.25, 0.3) is 0 Å². The third kappa shape index (κ3) is 11.3. The first kappa shape index (κ1) is 25.6. The van der Waals surface area contributed by atoms with E-state index in [0.717, 1.165) is 19.3 Å². The second-order valence-corrected chi connectivity index (χ2v) is 7.94. The Kier molecular flexibility index (Phi) is 10.8. The molecule has 0 saturated heterocycles. The van der Waals surface area contributed by atoms with Gasteiger partial charge in [0.05, 0.1) is 5.84 Å². The van der Waals surface area contributed by atoms with Crippen LogP contribution in [0.2, 0.25) is 0 Å². The van der Waals surface area contributed by atoms with Crippen molar-refractivity contribution in [2.24, 2.45) is 27.7 Å². The minimum Gasteiger partial charge on any atom is -0.373 e. The van der Waals surface area contributed by atoms with Gasteiger partial charge in [0.1, 0.15) is 6.54 Å². The largest absolute Gasteiger partial charge is 0.407 e. The van der Waals surface area contributed by atoms with Gasteiger partial charge in [0.15, 0.2) is 0 Å². The van der Waals surface area contributed by atoms with Crippen LogP contribution in [0.5, 0.6) is 0 Å². The van der Waals surface area contributed by atoms with Gasteiger partial charge in [0, 0.05) is 31.8 Å². The highest BCUT2D eigenvalue weighted by molar-refractivity contribution is 5.85. The van der Waals surface area contributed by atoms with Crippen LogP contribution in [-0.4, -0.2) is 43.8 Å². The second-order valence-electron chi connectivity index (χ2n) is 7.94. The van der Waals surface area contributed by atoms with Crippen molar-refractivity contribution in [3.8, 4) is 0 Å². The Balaban J connectivity index is 2.30. The Bertz CT molecular complexity index is 545. The lowest BCUT2D eigenvalue weighted by Gasteiger charge is -2.35. The average Bonchev–Trinajstić information content (AvgIpc) is 2.58. The van der Waals surface area contributed by atoms with Gasteiger partial charge < -0.3 is 5.32 Å². The van der Waals surface area contributed by atoms with E-state index in [-0.39, 0.29) is 18.8 Å². The number of unbranched alkanes of at least 4 members (excludes halogenated alkanes) is 1. The summed E-state index contributed by atoms with van der Waals surface area (Å²) in [5.41, 5.74) is 0. The molecule has 1 unspecified atom stereocenters. The van der Waals surface area contributed by atoms with Crippen molar-refractivity contribution in [1.82, 2.24) is 5.32 Å². The van der Waals surface area contributed by atoms with Crippen molar-refractivity contribution in [3.05, 3.63) is 12.2 Å². The number of hydrogen-bond donors (Lipinski definition) is 1. The van der Waals surface area contributed by atoms with Crippen molar-refractivity contribution in [1.29, 1.82) is 0 Å². The quantitative estimate of drug-likeness (QED) is 0.134. The molecular weight excluding hydrogens is 389 g/mol. The van der Waals surface area contributed by atoms with Gasteiger partial charge in [-0.3, -0.25) is 9.98 Å². The van der Waals surface area contributed by atoms with Gasteiger partial charge >= 0.3 is 6.18 Å². The van der Waals surface area contributed by atoms with E-state index in [4.69, 9.17) is 0 Å². The molecule has 1 rings (SSSR count). The summed E-state index contributed by atoms with van der Waals surface area (Å²) in [5.74, 6) is -1.26. The van der Waals surface area contributed by atoms with Crippen LogP contribution in [0.3, 0.4) is 0 Å². The normalized spacial score (nSPS) is 19.3. The molecule has 0 aromatic heterocycles. The predicted molar refractivity (Wildman–Crippen MR) is 109 cm³/mol. The second kappa shape index (κ2) is 12.3. The maximum atomic E-state index is 13.1. The Morgan fingerprint density at radius 2 is 1.90 bits per heavy atom. The highest BCUT2D eigenvalue weighted by atomic mass is 19.4. The Labute approximate surface area is 171 Å². The van der Waals surface area contributed by atoms with Gasteiger partial charge in [-0.25, -0.2) is 8.78 Å². The predicted octanol–water partition coefficient (Wildman–Crippen LogP) is 6.06. The van der Waals surface area contributed by atoms with E-state index in [1.54, 1.807) is 0 Å².